The SMILES string of the molecule is C[C@H]1CN(c2ncccc2[N+](=O)[O-])CCN1. The molecule has 6 heteroatoms. The van der Waals surface area contributed by atoms with Crippen molar-refractivity contribution in [3.63, 3.8) is 0 Å². The van der Waals surface area contributed by atoms with Gasteiger partial charge < -0.3 is 10.2 Å². The van der Waals surface area contributed by atoms with E-state index in [4.69, 9.17) is 0 Å². The van der Waals surface area contributed by atoms with Gasteiger partial charge in [0, 0.05) is 37.9 Å². The number of nitrogens with zero attached hydrogens (tertiary/aromatic N) is 3. The van der Waals surface area contributed by atoms with E-state index in [1.807, 2.05) is 4.90 Å². The van der Waals surface area contributed by atoms with Crippen molar-refractivity contribution < 1.29 is 4.92 Å². The smallest absolute Gasteiger partial charge is 0.311 e. The molecule has 1 N–H and O–H groups in total. The van der Waals surface area contributed by atoms with Gasteiger partial charge in [-0.05, 0) is 13.0 Å². The van der Waals surface area contributed by atoms with Crippen molar-refractivity contribution in [1.29, 1.82) is 0 Å². The van der Waals surface area contributed by atoms with E-state index < -0.39 is 0 Å². The predicted octanol–water partition coefficient (Wildman–Crippen LogP) is 0.788. The summed E-state index contributed by atoms with van der Waals surface area (Å²) in [7, 11) is 0. The monoisotopic (exact) mass is 222 g/mol. The zero-order valence-electron chi connectivity index (χ0n) is 9.09. The molecular formula is C10H14N4O2. The van der Waals surface area contributed by atoms with Crippen LogP contribution in [0.4, 0.5) is 11.5 Å². The summed E-state index contributed by atoms with van der Waals surface area (Å²) in [6.07, 6.45) is 1.59. The number of anilines is 1. The molecular weight excluding hydrogens is 208 g/mol. The van der Waals surface area contributed by atoms with Gasteiger partial charge in [0.1, 0.15) is 0 Å². The topological polar surface area (TPSA) is 71.3 Å². The zero-order chi connectivity index (χ0) is 11.5. The second kappa shape index (κ2) is 4.44. The summed E-state index contributed by atoms with van der Waals surface area (Å²) in [5.41, 5.74) is 0.0802. The van der Waals surface area contributed by atoms with Crippen LogP contribution in [0.15, 0.2) is 18.3 Å². The molecule has 0 aromatic carbocycles. The Labute approximate surface area is 93.4 Å². The van der Waals surface area contributed by atoms with E-state index in [0.29, 0.717) is 11.9 Å². The molecule has 0 bridgehead atoms. The van der Waals surface area contributed by atoms with Crippen LogP contribution in [-0.2, 0) is 0 Å². The molecule has 0 spiro atoms. The van der Waals surface area contributed by atoms with Crippen LogP contribution in [0, 0.1) is 10.1 Å². The van der Waals surface area contributed by atoms with Crippen molar-refractivity contribution >= 4 is 11.5 Å². The third kappa shape index (κ3) is 2.11. The number of nitro groups is 1. The summed E-state index contributed by atoms with van der Waals surface area (Å²) in [6, 6.07) is 3.41. The molecule has 2 heterocycles. The van der Waals surface area contributed by atoms with E-state index in [2.05, 4.69) is 17.2 Å². The number of hydrogen-bond acceptors (Lipinski definition) is 5. The molecule has 1 aromatic rings. The highest BCUT2D eigenvalue weighted by atomic mass is 16.6. The quantitative estimate of drug-likeness (QED) is 0.591. The Morgan fingerprint density at radius 1 is 1.69 bits per heavy atom. The van der Waals surface area contributed by atoms with Gasteiger partial charge in [0.2, 0.25) is 5.82 Å². The largest absolute Gasteiger partial charge is 0.348 e. The molecule has 1 atom stereocenters. The first-order valence-electron chi connectivity index (χ1n) is 5.26. The fourth-order valence-corrected chi connectivity index (χ4v) is 1.90. The summed E-state index contributed by atoms with van der Waals surface area (Å²) >= 11 is 0. The third-order valence-electron chi connectivity index (χ3n) is 2.63. The first-order valence-corrected chi connectivity index (χ1v) is 5.26. The van der Waals surface area contributed by atoms with Crippen molar-refractivity contribution in [3.05, 3.63) is 28.4 Å². The highest BCUT2D eigenvalue weighted by Gasteiger charge is 2.24. The molecule has 0 unspecified atom stereocenters. The van der Waals surface area contributed by atoms with E-state index in [1.165, 1.54) is 6.07 Å². The highest BCUT2D eigenvalue weighted by Crippen LogP contribution is 2.25. The van der Waals surface area contributed by atoms with Gasteiger partial charge in [0.15, 0.2) is 0 Å². The third-order valence-corrected chi connectivity index (χ3v) is 2.63. The van der Waals surface area contributed by atoms with Gasteiger partial charge in [-0.1, -0.05) is 0 Å². The van der Waals surface area contributed by atoms with Crippen LogP contribution in [0.3, 0.4) is 0 Å². The second-order valence-electron chi connectivity index (χ2n) is 3.90. The Morgan fingerprint density at radius 2 is 2.50 bits per heavy atom. The van der Waals surface area contributed by atoms with Gasteiger partial charge in [-0.15, -0.1) is 0 Å². The van der Waals surface area contributed by atoms with Gasteiger partial charge in [-0.3, -0.25) is 10.1 Å². The molecule has 1 aromatic heterocycles. The second-order valence-corrected chi connectivity index (χ2v) is 3.90. The standard InChI is InChI=1S/C10H14N4O2/c1-8-7-13(6-5-11-8)10-9(14(15)16)3-2-4-12-10/h2-4,8,11H,5-7H2,1H3/t8-/m0/s1. The van der Waals surface area contributed by atoms with Crippen molar-refractivity contribution in [2.45, 2.75) is 13.0 Å². The lowest BCUT2D eigenvalue weighted by Gasteiger charge is -2.32. The fourth-order valence-electron chi connectivity index (χ4n) is 1.90. The minimum absolute atomic E-state index is 0.0802. The van der Waals surface area contributed by atoms with E-state index in [1.54, 1.807) is 12.3 Å². The van der Waals surface area contributed by atoms with E-state index >= 15 is 0 Å². The molecule has 0 aliphatic carbocycles. The van der Waals surface area contributed by atoms with E-state index in [0.717, 1.165) is 19.6 Å². The minimum atomic E-state index is -0.380. The van der Waals surface area contributed by atoms with Crippen molar-refractivity contribution in [2.75, 3.05) is 24.5 Å². The van der Waals surface area contributed by atoms with Crippen molar-refractivity contribution in [1.82, 2.24) is 10.3 Å². The molecule has 1 aliphatic heterocycles. The molecule has 1 aliphatic rings. The van der Waals surface area contributed by atoms with E-state index in [-0.39, 0.29) is 10.6 Å². The molecule has 0 radical (unpaired) electrons. The van der Waals surface area contributed by atoms with Gasteiger partial charge in [-0.25, -0.2) is 4.98 Å². The average Bonchev–Trinajstić information content (AvgIpc) is 2.29. The van der Waals surface area contributed by atoms with Crippen LogP contribution in [0.2, 0.25) is 0 Å². The maximum atomic E-state index is 10.9. The molecule has 1 saturated heterocycles. The molecule has 86 valence electrons. The molecule has 16 heavy (non-hydrogen) atoms. The van der Waals surface area contributed by atoms with Crippen LogP contribution in [0.1, 0.15) is 6.92 Å². The lowest BCUT2D eigenvalue weighted by Crippen LogP contribution is -2.49. The van der Waals surface area contributed by atoms with Gasteiger partial charge >= 0.3 is 5.69 Å². The minimum Gasteiger partial charge on any atom is -0.348 e. The van der Waals surface area contributed by atoms with Crippen LogP contribution in [0.25, 0.3) is 0 Å². The number of aromatic nitrogens is 1. The Morgan fingerprint density at radius 3 is 3.19 bits per heavy atom. The van der Waals surface area contributed by atoms with E-state index in [9.17, 15) is 10.1 Å². The van der Waals surface area contributed by atoms with Crippen LogP contribution < -0.4 is 10.2 Å². The summed E-state index contributed by atoms with van der Waals surface area (Å²) in [4.78, 5) is 16.6. The number of nitrogens with one attached hydrogen (secondary N) is 1. The Bertz CT molecular complexity index is 396. The molecule has 0 amide bonds. The molecule has 0 saturated carbocycles. The Kier molecular flexibility index (Phi) is 3.00. The lowest BCUT2D eigenvalue weighted by atomic mass is 10.2. The summed E-state index contributed by atoms with van der Waals surface area (Å²) < 4.78 is 0. The number of hydrogen-bond donors (Lipinski definition) is 1. The predicted molar refractivity (Wildman–Crippen MR) is 60.6 cm³/mol. The van der Waals surface area contributed by atoms with Crippen LogP contribution in [-0.4, -0.2) is 35.6 Å². The fraction of sp³-hybridized carbons (Fsp3) is 0.500. The lowest BCUT2D eigenvalue weighted by molar-refractivity contribution is -0.384. The average molecular weight is 222 g/mol. The van der Waals surface area contributed by atoms with Crippen LogP contribution >= 0.6 is 0 Å². The van der Waals surface area contributed by atoms with Gasteiger partial charge in [0.25, 0.3) is 0 Å². The molecule has 6 nitrogen and oxygen atoms in total. The Hall–Kier alpha value is -1.69. The summed E-state index contributed by atoms with van der Waals surface area (Å²) in [5.74, 6) is 0.473. The van der Waals surface area contributed by atoms with Gasteiger partial charge in [-0.2, -0.15) is 0 Å². The Balaban J connectivity index is 2.28. The maximum Gasteiger partial charge on any atom is 0.311 e. The number of piperazine rings is 1. The number of pyridine rings is 1. The van der Waals surface area contributed by atoms with Crippen molar-refractivity contribution in [3.8, 4) is 0 Å². The molecule has 1 fully saturated rings. The summed E-state index contributed by atoms with van der Waals surface area (Å²) in [6.45, 7) is 4.38. The van der Waals surface area contributed by atoms with Crippen LogP contribution in [0.5, 0.6) is 0 Å². The maximum absolute atomic E-state index is 10.9. The molecule has 2 rings (SSSR count). The zero-order valence-corrected chi connectivity index (χ0v) is 9.09. The van der Waals surface area contributed by atoms with Crippen molar-refractivity contribution in [2.24, 2.45) is 0 Å². The summed E-state index contributed by atoms with van der Waals surface area (Å²) in [5, 5.41) is 14.2. The first kappa shape index (κ1) is 10.8. The highest BCUT2D eigenvalue weighted by molar-refractivity contribution is 5.57. The number of rotatable bonds is 2. The first-order chi connectivity index (χ1) is 7.68. The van der Waals surface area contributed by atoms with Gasteiger partial charge in [0.05, 0.1) is 4.92 Å². The normalized spacial score (nSPS) is 20.8.